The summed E-state index contributed by atoms with van der Waals surface area (Å²) in [7, 11) is 0. The topological polar surface area (TPSA) is 26.0 Å². The van der Waals surface area contributed by atoms with Gasteiger partial charge in [-0.25, -0.2) is 0 Å². The van der Waals surface area contributed by atoms with E-state index in [4.69, 9.17) is 17.3 Å². The first kappa shape index (κ1) is 11.9. The molecule has 0 bridgehead atoms. The van der Waals surface area contributed by atoms with E-state index in [-0.39, 0.29) is 0 Å². The van der Waals surface area contributed by atoms with Crippen molar-refractivity contribution in [3.05, 3.63) is 34.9 Å². The molecule has 1 saturated carbocycles. The van der Waals surface area contributed by atoms with Gasteiger partial charge in [0.05, 0.1) is 0 Å². The van der Waals surface area contributed by atoms with Crippen LogP contribution in [0.2, 0.25) is 5.02 Å². The highest BCUT2D eigenvalue weighted by Gasteiger charge is 2.25. The Morgan fingerprint density at radius 2 is 1.81 bits per heavy atom. The lowest BCUT2D eigenvalue weighted by molar-refractivity contribution is 0.416. The summed E-state index contributed by atoms with van der Waals surface area (Å²) < 4.78 is 0. The molecule has 1 aliphatic rings. The SMILES string of the molecule is NCCC(c1ccc(Cl)cc1)C1CCCC1. The van der Waals surface area contributed by atoms with Gasteiger partial charge in [-0.15, -0.1) is 0 Å². The van der Waals surface area contributed by atoms with Crippen LogP contribution in [0.1, 0.15) is 43.6 Å². The van der Waals surface area contributed by atoms with E-state index in [0.29, 0.717) is 5.92 Å². The van der Waals surface area contributed by atoms with E-state index in [9.17, 15) is 0 Å². The van der Waals surface area contributed by atoms with Gasteiger partial charge in [-0.05, 0) is 55.3 Å². The molecule has 2 heteroatoms. The molecule has 0 aliphatic heterocycles. The Labute approximate surface area is 103 Å². The fourth-order valence-electron chi connectivity index (χ4n) is 2.92. The Balaban J connectivity index is 2.14. The largest absolute Gasteiger partial charge is 0.330 e. The van der Waals surface area contributed by atoms with Gasteiger partial charge in [0.2, 0.25) is 0 Å². The summed E-state index contributed by atoms with van der Waals surface area (Å²) >= 11 is 5.93. The Hall–Kier alpha value is -0.530. The van der Waals surface area contributed by atoms with Crippen LogP contribution in [0.3, 0.4) is 0 Å². The predicted molar refractivity (Wildman–Crippen MR) is 69.8 cm³/mol. The zero-order valence-electron chi connectivity index (χ0n) is 9.66. The van der Waals surface area contributed by atoms with Crippen LogP contribution < -0.4 is 5.73 Å². The summed E-state index contributed by atoms with van der Waals surface area (Å²) in [5, 5.41) is 0.821. The van der Waals surface area contributed by atoms with Crippen LogP contribution in [-0.2, 0) is 0 Å². The molecule has 16 heavy (non-hydrogen) atoms. The number of rotatable bonds is 4. The van der Waals surface area contributed by atoms with Gasteiger partial charge in [-0.1, -0.05) is 36.6 Å². The Morgan fingerprint density at radius 1 is 1.19 bits per heavy atom. The highest BCUT2D eigenvalue weighted by molar-refractivity contribution is 6.30. The molecule has 0 amide bonds. The number of halogens is 1. The van der Waals surface area contributed by atoms with Crippen molar-refractivity contribution in [2.45, 2.75) is 38.0 Å². The second-order valence-corrected chi connectivity index (χ2v) is 5.22. The molecule has 1 unspecified atom stereocenters. The number of hydrogen-bond acceptors (Lipinski definition) is 1. The molecule has 88 valence electrons. The van der Waals surface area contributed by atoms with Crippen molar-refractivity contribution in [3.63, 3.8) is 0 Å². The van der Waals surface area contributed by atoms with Gasteiger partial charge in [0.15, 0.2) is 0 Å². The smallest absolute Gasteiger partial charge is 0.0406 e. The highest BCUT2D eigenvalue weighted by Crippen LogP contribution is 2.39. The van der Waals surface area contributed by atoms with E-state index in [0.717, 1.165) is 23.9 Å². The summed E-state index contributed by atoms with van der Waals surface area (Å²) in [4.78, 5) is 0. The number of hydrogen-bond donors (Lipinski definition) is 1. The molecule has 0 saturated heterocycles. The first-order valence-corrected chi connectivity index (χ1v) is 6.64. The summed E-state index contributed by atoms with van der Waals surface area (Å²) in [5.41, 5.74) is 7.16. The highest BCUT2D eigenvalue weighted by atomic mass is 35.5. The van der Waals surface area contributed by atoms with Crippen LogP contribution in [0.4, 0.5) is 0 Å². The molecular formula is C14H20ClN. The fraction of sp³-hybridized carbons (Fsp3) is 0.571. The average Bonchev–Trinajstić information content (AvgIpc) is 2.81. The van der Waals surface area contributed by atoms with Crippen molar-refractivity contribution >= 4 is 11.6 Å². The maximum Gasteiger partial charge on any atom is 0.0406 e. The normalized spacial score (nSPS) is 18.9. The van der Waals surface area contributed by atoms with Crippen molar-refractivity contribution in [2.75, 3.05) is 6.54 Å². The molecule has 1 aromatic carbocycles. The molecule has 1 aliphatic carbocycles. The van der Waals surface area contributed by atoms with Crippen LogP contribution in [0, 0.1) is 5.92 Å². The zero-order valence-corrected chi connectivity index (χ0v) is 10.4. The van der Waals surface area contributed by atoms with Gasteiger partial charge in [0.25, 0.3) is 0 Å². The monoisotopic (exact) mass is 237 g/mol. The molecule has 0 radical (unpaired) electrons. The standard InChI is InChI=1S/C14H20ClN/c15-13-7-5-12(6-8-13)14(9-10-16)11-3-1-2-4-11/h5-8,11,14H,1-4,9-10,16H2. The minimum absolute atomic E-state index is 0.643. The van der Waals surface area contributed by atoms with E-state index in [2.05, 4.69) is 12.1 Å². The lowest BCUT2D eigenvalue weighted by Crippen LogP contribution is -2.14. The summed E-state index contributed by atoms with van der Waals surface area (Å²) in [6.07, 6.45) is 6.62. The van der Waals surface area contributed by atoms with E-state index >= 15 is 0 Å². The van der Waals surface area contributed by atoms with Gasteiger partial charge < -0.3 is 5.73 Å². The third-order valence-corrected chi connectivity index (χ3v) is 4.00. The van der Waals surface area contributed by atoms with Crippen molar-refractivity contribution in [2.24, 2.45) is 11.7 Å². The predicted octanol–water partition coefficient (Wildman–Crippen LogP) is 3.96. The van der Waals surface area contributed by atoms with Crippen LogP contribution in [-0.4, -0.2) is 6.54 Å². The first-order chi connectivity index (χ1) is 7.81. The minimum Gasteiger partial charge on any atom is -0.330 e. The molecule has 0 heterocycles. The Bertz CT molecular complexity index is 314. The van der Waals surface area contributed by atoms with Crippen LogP contribution >= 0.6 is 11.6 Å². The lowest BCUT2D eigenvalue weighted by Gasteiger charge is -2.23. The maximum atomic E-state index is 5.93. The van der Waals surface area contributed by atoms with Gasteiger partial charge in [-0.2, -0.15) is 0 Å². The Morgan fingerprint density at radius 3 is 2.38 bits per heavy atom. The first-order valence-electron chi connectivity index (χ1n) is 6.27. The van der Waals surface area contributed by atoms with Crippen LogP contribution in [0.25, 0.3) is 0 Å². The van der Waals surface area contributed by atoms with Gasteiger partial charge >= 0.3 is 0 Å². The molecule has 1 atom stereocenters. The molecule has 1 nitrogen and oxygen atoms in total. The second-order valence-electron chi connectivity index (χ2n) is 4.78. The van der Waals surface area contributed by atoms with Gasteiger partial charge in [0, 0.05) is 5.02 Å². The van der Waals surface area contributed by atoms with E-state index in [1.165, 1.54) is 31.2 Å². The number of benzene rings is 1. The second kappa shape index (κ2) is 5.70. The zero-order chi connectivity index (χ0) is 11.4. The molecular weight excluding hydrogens is 218 g/mol. The summed E-state index contributed by atoms with van der Waals surface area (Å²) in [5.74, 6) is 1.48. The summed E-state index contributed by atoms with van der Waals surface area (Å²) in [6.45, 7) is 0.782. The van der Waals surface area contributed by atoms with E-state index < -0.39 is 0 Å². The average molecular weight is 238 g/mol. The molecule has 0 spiro atoms. The van der Waals surface area contributed by atoms with Crippen molar-refractivity contribution < 1.29 is 0 Å². The van der Waals surface area contributed by atoms with E-state index in [1.807, 2.05) is 12.1 Å². The third kappa shape index (κ3) is 2.78. The van der Waals surface area contributed by atoms with Crippen molar-refractivity contribution in [3.8, 4) is 0 Å². The third-order valence-electron chi connectivity index (χ3n) is 3.74. The van der Waals surface area contributed by atoms with Crippen molar-refractivity contribution in [1.29, 1.82) is 0 Å². The fourth-order valence-corrected chi connectivity index (χ4v) is 3.05. The maximum absolute atomic E-state index is 5.93. The molecule has 1 fully saturated rings. The minimum atomic E-state index is 0.643. The quantitative estimate of drug-likeness (QED) is 0.843. The number of nitrogens with two attached hydrogens (primary N) is 1. The van der Waals surface area contributed by atoms with Gasteiger partial charge in [-0.3, -0.25) is 0 Å². The molecule has 2 N–H and O–H groups in total. The Kier molecular flexibility index (Phi) is 4.25. The molecule has 1 aromatic rings. The summed E-state index contributed by atoms with van der Waals surface area (Å²) in [6, 6.07) is 8.33. The van der Waals surface area contributed by atoms with Crippen LogP contribution in [0.15, 0.2) is 24.3 Å². The van der Waals surface area contributed by atoms with E-state index in [1.54, 1.807) is 0 Å². The van der Waals surface area contributed by atoms with Gasteiger partial charge in [0.1, 0.15) is 0 Å². The molecule has 2 rings (SSSR count). The molecule has 0 aromatic heterocycles. The van der Waals surface area contributed by atoms with Crippen LogP contribution in [0.5, 0.6) is 0 Å². The van der Waals surface area contributed by atoms with Crippen molar-refractivity contribution in [1.82, 2.24) is 0 Å². The lowest BCUT2D eigenvalue weighted by atomic mass is 9.82.